The minimum atomic E-state index is -1.21. The van der Waals surface area contributed by atoms with Crippen LogP contribution in [0.3, 0.4) is 0 Å². The van der Waals surface area contributed by atoms with Gasteiger partial charge in [0.1, 0.15) is 11.8 Å². The Morgan fingerprint density at radius 2 is 1.25 bits per heavy atom. The van der Waals surface area contributed by atoms with E-state index in [9.17, 15) is 9.59 Å². The third-order valence-corrected chi connectivity index (χ3v) is 2.52. The first-order valence-electron chi connectivity index (χ1n) is 5.96. The number of carbonyl (C=O) groups is 2. The van der Waals surface area contributed by atoms with Crippen molar-refractivity contribution in [2.75, 3.05) is 0 Å². The molecule has 20 heavy (non-hydrogen) atoms. The van der Waals surface area contributed by atoms with Gasteiger partial charge in [0, 0.05) is 0 Å². The van der Waals surface area contributed by atoms with E-state index in [1.807, 2.05) is 0 Å². The first-order chi connectivity index (χ1) is 9.31. The van der Waals surface area contributed by atoms with E-state index < -0.39 is 35.9 Å². The summed E-state index contributed by atoms with van der Waals surface area (Å²) < 4.78 is 0. The maximum absolute atomic E-state index is 10.7. The fourth-order valence-corrected chi connectivity index (χ4v) is 1.42. The van der Waals surface area contributed by atoms with Crippen molar-refractivity contribution in [1.29, 1.82) is 10.5 Å². The standard InChI is InChI=1S/C12H16N4O4/c1-7(3-9(5-13)11(17)18)15-16-8(2)4-10(6-14)12(19)20/h7-10H,3-4H2,1-2H3,(H,17,18)(H,19,20). The van der Waals surface area contributed by atoms with Gasteiger partial charge in [0.25, 0.3) is 0 Å². The van der Waals surface area contributed by atoms with E-state index >= 15 is 0 Å². The summed E-state index contributed by atoms with van der Waals surface area (Å²) in [5.74, 6) is -4.72. The summed E-state index contributed by atoms with van der Waals surface area (Å²) in [6.07, 6.45) is 0.0608. The molecule has 0 rings (SSSR count). The number of hydrogen-bond donors (Lipinski definition) is 2. The van der Waals surface area contributed by atoms with Crippen LogP contribution in [0.15, 0.2) is 10.2 Å². The molecule has 0 amide bonds. The molecule has 0 aliphatic heterocycles. The van der Waals surface area contributed by atoms with Gasteiger partial charge in [-0.15, -0.1) is 0 Å². The van der Waals surface area contributed by atoms with Gasteiger partial charge in [-0.05, 0) is 26.7 Å². The lowest BCUT2D eigenvalue weighted by atomic mass is 10.0. The van der Waals surface area contributed by atoms with Gasteiger partial charge < -0.3 is 10.2 Å². The summed E-state index contributed by atoms with van der Waals surface area (Å²) in [4.78, 5) is 21.3. The highest BCUT2D eigenvalue weighted by Crippen LogP contribution is 2.13. The quantitative estimate of drug-likeness (QED) is 0.643. The lowest BCUT2D eigenvalue weighted by Crippen LogP contribution is -2.18. The normalized spacial score (nSPS) is 16.6. The predicted molar refractivity (Wildman–Crippen MR) is 66.5 cm³/mol. The van der Waals surface area contributed by atoms with Crippen LogP contribution in [0.4, 0.5) is 0 Å². The zero-order valence-corrected chi connectivity index (χ0v) is 11.2. The van der Waals surface area contributed by atoms with Crippen LogP contribution < -0.4 is 0 Å². The molecule has 0 aromatic carbocycles. The molecule has 0 saturated carbocycles. The maximum Gasteiger partial charge on any atom is 0.320 e. The van der Waals surface area contributed by atoms with Crippen molar-refractivity contribution in [3.63, 3.8) is 0 Å². The summed E-state index contributed by atoms with van der Waals surface area (Å²) in [6, 6.07) is 2.37. The number of azo groups is 1. The maximum atomic E-state index is 10.7. The van der Waals surface area contributed by atoms with Crippen molar-refractivity contribution in [3.05, 3.63) is 0 Å². The zero-order chi connectivity index (χ0) is 15.7. The largest absolute Gasteiger partial charge is 0.480 e. The van der Waals surface area contributed by atoms with E-state index in [0.717, 1.165) is 0 Å². The molecule has 0 heterocycles. The molecule has 0 aliphatic carbocycles. The average Bonchev–Trinajstić information content (AvgIpc) is 2.38. The number of nitrogens with zero attached hydrogens (tertiary/aromatic N) is 4. The molecule has 0 bridgehead atoms. The summed E-state index contributed by atoms with van der Waals surface area (Å²) in [5.41, 5.74) is 0. The number of nitriles is 2. The Balaban J connectivity index is 4.42. The van der Waals surface area contributed by atoms with Gasteiger partial charge in [-0.1, -0.05) is 0 Å². The number of aliphatic carboxylic acids is 2. The van der Waals surface area contributed by atoms with Crippen LogP contribution in [0.5, 0.6) is 0 Å². The SMILES string of the molecule is CC(CC(C#N)C(=O)O)N=NC(C)CC(C#N)C(=O)O. The first kappa shape index (κ1) is 17.5. The molecule has 0 radical (unpaired) electrons. The van der Waals surface area contributed by atoms with Gasteiger partial charge >= 0.3 is 11.9 Å². The molecule has 4 atom stereocenters. The second-order valence-corrected chi connectivity index (χ2v) is 4.44. The third-order valence-electron chi connectivity index (χ3n) is 2.52. The van der Waals surface area contributed by atoms with Gasteiger partial charge in [0.15, 0.2) is 0 Å². The van der Waals surface area contributed by atoms with Gasteiger partial charge in [-0.2, -0.15) is 20.8 Å². The van der Waals surface area contributed by atoms with Crippen molar-refractivity contribution < 1.29 is 19.8 Å². The van der Waals surface area contributed by atoms with Crippen LogP contribution in [0, 0.1) is 34.5 Å². The smallest absolute Gasteiger partial charge is 0.320 e. The summed E-state index contributed by atoms with van der Waals surface area (Å²) >= 11 is 0. The molecule has 0 aromatic heterocycles. The molecular formula is C12H16N4O4. The van der Waals surface area contributed by atoms with Crippen molar-refractivity contribution in [3.8, 4) is 12.1 Å². The Labute approximate surface area is 116 Å². The van der Waals surface area contributed by atoms with E-state index in [1.165, 1.54) is 0 Å². The highest BCUT2D eigenvalue weighted by atomic mass is 16.4. The topological polar surface area (TPSA) is 147 Å². The number of carboxylic acids is 2. The molecule has 0 aromatic rings. The van der Waals surface area contributed by atoms with Gasteiger partial charge in [0.05, 0.1) is 24.2 Å². The van der Waals surface area contributed by atoms with Crippen LogP contribution in [0.2, 0.25) is 0 Å². The lowest BCUT2D eigenvalue weighted by molar-refractivity contribution is -0.141. The summed E-state index contributed by atoms with van der Waals surface area (Å²) in [5, 5.41) is 42.4. The van der Waals surface area contributed by atoms with E-state index in [4.69, 9.17) is 20.7 Å². The fraction of sp³-hybridized carbons (Fsp3) is 0.667. The average molecular weight is 280 g/mol. The Morgan fingerprint density at radius 1 is 0.950 bits per heavy atom. The van der Waals surface area contributed by atoms with E-state index in [2.05, 4.69) is 10.2 Å². The molecule has 8 heteroatoms. The van der Waals surface area contributed by atoms with Gasteiger partial charge in [-0.3, -0.25) is 9.59 Å². The zero-order valence-electron chi connectivity index (χ0n) is 11.2. The molecular weight excluding hydrogens is 264 g/mol. The van der Waals surface area contributed by atoms with Crippen molar-refractivity contribution in [2.24, 2.45) is 22.1 Å². The van der Waals surface area contributed by atoms with Gasteiger partial charge in [0.2, 0.25) is 0 Å². The molecule has 4 unspecified atom stereocenters. The van der Waals surface area contributed by atoms with E-state index in [0.29, 0.717) is 0 Å². The molecule has 2 N–H and O–H groups in total. The van der Waals surface area contributed by atoms with Crippen molar-refractivity contribution in [1.82, 2.24) is 0 Å². The number of carboxylic acid groups (broad SMARTS) is 2. The highest BCUT2D eigenvalue weighted by Gasteiger charge is 2.21. The summed E-state index contributed by atoms with van der Waals surface area (Å²) in [7, 11) is 0. The second-order valence-electron chi connectivity index (χ2n) is 4.44. The Morgan fingerprint density at radius 3 is 1.45 bits per heavy atom. The molecule has 0 saturated heterocycles. The Bertz CT molecular complexity index is 421. The van der Waals surface area contributed by atoms with Crippen LogP contribution in [0.1, 0.15) is 26.7 Å². The molecule has 0 fully saturated rings. The van der Waals surface area contributed by atoms with Crippen molar-refractivity contribution in [2.45, 2.75) is 38.8 Å². The monoisotopic (exact) mass is 280 g/mol. The minimum Gasteiger partial charge on any atom is -0.480 e. The number of rotatable bonds is 8. The lowest BCUT2D eigenvalue weighted by Gasteiger charge is -2.10. The first-order valence-corrected chi connectivity index (χ1v) is 5.96. The molecule has 108 valence electrons. The molecule has 0 spiro atoms. The molecule has 8 nitrogen and oxygen atoms in total. The van der Waals surface area contributed by atoms with Crippen LogP contribution in [0.25, 0.3) is 0 Å². The van der Waals surface area contributed by atoms with Crippen LogP contribution in [-0.2, 0) is 9.59 Å². The van der Waals surface area contributed by atoms with Crippen LogP contribution >= 0.6 is 0 Å². The van der Waals surface area contributed by atoms with E-state index in [1.54, 1.807) is 26.0 Å². The highest BCUT2D eigenvalue weighted by molar-refractivity contribution is 5.73. The van der Waals surface area contributed by atoms with Gasteiger partial charge in [-0.25, -0.2) is 0 Å². The predicted octanol–water partition coefficient (Wildman–Crippen LogP) is 1.44. The number of hydrogen-bond acceptors (Lipinski definition) is 6. The fourth-order valence-electron chi connectivity index (χ4n) is 1.42. The summed E-state index contributed by atoms with van der Waals surface area (Å²) in [6.45, 7) is 3.23. The second kappa shape index (κ2) is 8.59. The Hall–Kier alpha value is -2.48. The van der Waals surface area contributed by atoms with E-state index in [-0.39, 0.29) is 12.8 Å². The minimum absolute atomic E-state index is 0.0304. The van der Waals surface area contributed by atoms with Crippen molar-refractivity contribution >= 4 is 11.9 Å². The molecule has 0 aliphatic rings. The van der Waals surface area contributed by atoms with Crippen LogP contribution in [-0.4, -0.2) is 34.2 Å². The third kappa shape index (κ3) is 6.45. The Kier molecular flexibility index (Phi) is 7.53.